The summed E-state index contributed by atoms with van der Waals surface area (Å²) in [5.41, 5.74) is 0.633. The largest absolute Gasteiger partial charge is 0.506 e. The van der Waals surface area contributed by atoms with E-state index >= 15 is 0 Å². The summed E-state index contributed by atoms with van der Waals surface area (Å²) < 4.78 is 2.04. The molecule has 3 nitrogen and oxygen atoms in total. The van der Waals surface area contributed by atoms with Gasteiger partial charge in [-0.25, -0.2) is 0 Å². The van der Waals surface area contributed by atoms with E-state index in [0.29, 0.717) is 19.4 Å². The third-order valence-corrected chi connectivity index (χ3v) is 3.86. The fourth-order valence-corrected chi connectivity index (χ4v) is 3.18. The van der Waals surface area contributed by atoms with Gasteiger partial charge < -0.3 is 5.11 Å². The van der Waals surface area contributed by atoms with E-state index in [1.807, 2.05) is 0 Å². The van der Waals surface area contributed by atoms with Crippen molar-refractivity contribution in [2.24, 2.45) is 0 Å². The van der Waals surface area contributed by atoms with Crippen molar-refractivity contribution in [3.8, 4) is 16.3 Å². The standard InChI is InChI=1S/C8H4Br2N2OS2/c9-3-1-4(6(13)5(10)2-3)7-11-12-8(14)15-7/h1-2,13H,(H,12,14). The number of rotatable bonds is 1. The van der Waals surface area contributed by atoms with Crippen LogP contribution in [-0.4, -0.2) is 15.3 Å². The highest BCUT2D eigenvalue weighted by Gasteiger charge is 2.13. The molecule has 0 fully saturated rings. The summed E-state index contributed by atoms with van der Waals surface area (Å²) in [6.07, 6.45) is 0. The number of hydrogen-bond donors (Lipinski definition) is 2. The minimum atomic E-state index is 0.155. The van der Waals surface area contributed by atoms with Crippen molar-refractivity contribution in [1.82, 2.24) is 10.2 Å². The molecule has 0 spiro atoms. The van der Waals surface area contributed by atoms with Crippen LogP contribution in [0.15, 0.2) is 25.4 Å². The number of halogens is 2. The van der Waals surface area contributed by atoms with Crippen molar-refractivity contribution >= 4 is 55.8 Å². The number of aromatic hydroxyl groups is 1. The zero-order valence-electron chi connectivity index (χ0n) is 7.11. The van der Waals surface area contributed by atoms with Gasteiger partial charge in [0.1, 0.15) is 5.75 Å². The highest BCUT2D eigenvalue weighted by molar-refractivity contribution is 9.11. The van der Waals surface area contributed by atoms with Gasteiger partial charge in [0.2, 0.25) is 0 Å². The Morgan fingerprint density at radius 3 is 2.60 bits per heavy atom. The predicted octanol–water partition coefficient (Wildman–Crippen LogP) is 3.72. The summed E-state index contributed by atoms with van der Waals surface area (Å²) >= 11 is 12.0. The molecule has 15 heavy (non-hydrogen) atoms. The van der Waals surface area contributed by atoms with Crippen LogP contribution >= 0.6 is 55.8 Å². The summed E-state index contributed by atoms with van der Waals surface area (Å²) in [6, 6.07) is 3.55. The molecular weight excluding hydrogens is 364 g/mol. The average Bonchev–Trinajstić information content (AvgIpc) is 2.58. The maximum absolute atomic E-state index is 9.83. The van der Waals surface area contributed by atoms with Crippen LogP contribution in [0.4, 0.5) is 0 Å². The SMILES string of the molecule is Oc1c(Br)cc(Br)cc1-c1nnc(S)s1. The van der Waals surface area contributed by atoms with Crippen LogP contribution < -0.4 is 0 Å². The Bertz CT molecular complexity index is 515. The minimum absolute atomic E-state index is 0.155. The topological polar surface area (TPSA) is 46.0 Å². The van der Waals surface area contributed by atoms with E-state index in [1.54, 1.807) is 12.1 Å². The molecule has 0 bridgehead atoms. The molecule has 0 saturated heterocycles. The second-order valence-electron chi connectivity index (χ2n) is 2.67. The Morgan fingerprint density at radius 1 is 1.27 bits per heavy atom. The third kappa shape index (κ3) is 2.35. The molecule has 0 aliphatic rings. The first-order valence-corrected chi connectivity index (χ1v) is 6.64. The molecule has 1 aromatic heterocycles. The Labute approximate surface area is 112 Å². The number of benzene rings is 1. The lowest BCUT2D eigenvalue weighted by atomic mass is 10.2. The summed E-state index contributed by atoms with van der Waals surface area (Å²) in [4.78, 5) is 0. The average molecular weight is 368 g/mol. The first kappa shape index (κ1) is 11.4. The van der Waals surface area contributed by atoms with Crippen LogP contribution in [-0.2, 0) is 0 Å². The lowest BCUT2D eigenvalue weighted by Gasteiger charge is -2.03. The number of nitrogens with zero attached hydrogens (tertiary/aromatic N) is 2. The smallest absolute Gasteiger partial charge is 0.171 e. The highest BCUT2D eigenvalue weighted by Crippen LogP contribution is 2.39. The van der Waals surface area contributed by atoms with Crippen LogP contribution in [0, 0.1) is 0 Å². The molecule has 0 radical (unpaired) electrons. The minimum Gasteiger partial charge on any atom is -0.506 e. The molecule has 7 heteroatoms. The lowest BCUT2D eigenvalue weighted by molar-refractivity contribution is 0.473. The molecule has 0 aliphatic heterocycles. The summed E-state index contributed by atoms with van der Waals surface area (Å²) in [6.45, 7) is 0. The monoisotopic (exact) mass is 366 g/mol. The van der Waals surface area contributed by atoms with E-state index < -0.39 is 0 Å². The molecule has 1 N–H and O–H groups in total. The molecule has 1 heterocycles. The molecule has 0 unspecified atom stereocenters. The summed E-state index contributed by atoms with van der Waals surface area (Å²) in [5, 5.41) is 18.2. The van der Waals surface area contributed by atoms with Crippen molar-refractivity contribution in [2.75, 3.05) is 0 Å². The second kappa shape index (κ2) is 4.40. The molecule has 0 atom stereocenters. The fraction of sp³-hybridized carbons (Fsp3) is 0. The van der Waals surface area contributed by atoms with E-state index in [2.05, 4.69) is 54.7 Å². The number of phenols is 1. The van der Waals surface area contributed by atoms with E-state index in [0.717, 1.165) is 4.47 Å². The first-order valence-electron chi connectivity index (χ1n) is 3.79. The van der Waals surface area contributed by atoms with E-state index in [9.17, 15) is 5.11 Å². The maximum Gasteiger partial charge on any atom is 0.171 e. The van der Waals surface area contributed by atoms with E-state index in [4.69, 9.17) is 0 Å². The Balaban J connectivity index is 2.62. The zero-order chi connectivity index (χ0) is 11.0. The summed E-state index contributed by atoms with van der Waals surface area (Å²) in [5.74, 6) is 0.155. The van der Waals surface area contributed by atoms with Gasteiger partial charge in [-0.1, -0.05) is 27.3 Å². The van der Waals surface area contributed by atoms with Crippen molar-refractivity contribution in [2.45, 2.75) is 4.34 Å². The van der Waals surface area contributed by atoms with E-state index in [1.165, 1.54) is 11.3 Å². The zero-order valence-corrected chi connectivity index (χ0v) is 12.0. The Kier molecular flexibility index (Phi) is 3.34. The van der Waals surface area contributed by atoms with Gasteiger partial charge in [0.05, 0.1) is 10.0 Å². The van der Waals surface area contributed by atoms with E-state index in [-0.39, 0.29) is 5.75 Å². The fourth-order valence-electron chi connectivity index (χ4n) is 1.05. The van der Waals surface area contributed by atoms with Crippen molar-refractivity contribution in [3.05, 3.63) is 21.1 Å². The molecule has 78 valence electrons. The summed E-state index contributed by atoms with van der Waals surface area (Å²) in [7, 11) is 0. The third-order valence-electron chi connectivity index (χ3n) is 1.67. The van der Waals surface area contributed by atoms with Gasteiger partial charge in [-0.15, -0.1) is 22.8 Å². The second-order valence-corrected chi connectivity index (χ2v) is 6.15. The molecule has 0 saturated carbocycles. The van der Waals surface area contributed by atoms with Crippen molar-refractivity contribution in [1.29, 1.82) is 0 Å². The van der Waals surface area contributed by atoms with Gasteiger partial charge in [-0.3, -0.25) is 0 Å². The van der Waals surface area contributed by atoms with Gasteiger partial charge >= 0.3 is 0 Å². The highest BCUT2D eigenvalue weighted by atomic mass is 79.9. The number of phenolic OH excluding ortho intramolecular Hbond substituents is 1. The maximum atomic E-state index is 9.83. The molecule has 1 aromatic carbocycles. The van der Waals surface area contributed by atoms with Crippen molar-refractivity contribution in [3.63, 3.8) is 0 Å². The molecule has 0 aliphatic carbocycles. The Morgan fingerprint density at radius 2 is 2.00 bits per heavy atom. The molecule has 0 amide bonds. The van der Waals surface area contributed by atoms with Gasteiger partial charge in [0, 0.05) is 4.47 Å². The number of hydrogen-bond acceptors (Lipinski definition) is 5. The molecule has 2 rings (SSSR count). The number of thiol groups is 1. The van der Waals surface area contributed by atoms with Crippen molar-refractivity contribution < 1.29 is 5.11 Å². The van der Waals surface area contributed by atoms with Crippen LogP contribution in [0.5, 0.6) is 5.75 Å². The van der Waals surface area contributed by atoms with Crippen LogP contribution in [0.2, 0.25) is 0 Å². The van der Waals surface area contributed by atoms with Gasteiger partial charge in [-0.05, 0) is 28.1 Å². The predicted molar refractivity (Wildman–Crippen MR) is 69.7 cm³/mol. The molecule has 2 aromatic rings. The Hall–Kier alpha value is -0.110. The van der Waals surface area contributed by atoms with Crippen LogP contribution in [0.3, 0.4) is 0 Å². The number of aromatic nitrogens is 2. The van der Waals surface area contributed by atoms with Gasteiger partial charge in [0.25, 0.3) is 0 Å². The lowest BCUT2D eigenvalue weighted by Crippen LogP contribution is -1.80. The quantitative estimate of drug-likeness (QED) is 0.755. The van der Waals surface area contributed by atoms with Crippen LogP contribution in [0.1, 0.15) is 0 Å². The first-order chi connectivity index (χ1) is 7.08. The van der Waals surface area contributed by atoms with Gasteiger partial charge in [0.15, 0.2) is 9.35 Å². The molecular formula is C8H4Br2N2OS2. The normalized spacial score (nSPS) is 10.6. The van der Waals surface area contributed by atoms with Crippen LogP contribution in [0.25, 0.3) is 10.6 Å². The van der Waals surface area contributed by atoms with Gasteiger partial charge in [-0.2, -0.15) is 0 Å².